The Morgan fingerprint density at radius 3 is 2.29 bits per heavy atom. The van der Waals surface area contributed by atoms with Crippen LogP contribution in [-0.2, 0) is 4.79 Å². The highest BCUT2D eigenvalue weighted by Gasteiger charge is 2.39. The third kappa shape index (κ3) is 4.18. The molecule has 0 aliphatic rings. The van der Waals surface area contributed by atoms with E-state index < -0.39 is 12.0 Å². The van der Waals surface area contributed by atoms with Crippen LogP contribution >= 0.6 is 11.3 Å². The first-order valence-corrected chi connectivity index (χ1v) is 4.36. The molecule has 1 heterocycles. The molecule has 0 unspecified atom stereocenters. The molecule has 14 heavy (non-hydrogen) atoms. The number of alkyl halides is 3. The third-order valence-corrected chi connectivity index (χ3v) is 1.87. The fourth-order valence-electron chi connectivity index (χ4n) is 0.547. The highest BCUT2D eigenvalue weighted by atomic mass is 32.1. The number of thiophene rings is 1. The molecule has 0 spiro atoms. The van der Waals surface area contributed by atoms with Crippen molar-refractivity contribution in [1.82, 2.24) is 0 Å². The van der Waals surface area contributed by atoms with Crippen LogP contribution in [0.3, 0.4) is 0 Å². The van der Waals surface area contributed by atoms with E-state index in [-0.39, 0.29) is 4.88 Å². The lowest BCUT2D eigenvalue weighted by Crippen LogP contribution is -2.21. The van der Waals surface area contributed by atoms with Gasteiger partial charge in [-0.3, -0.25) is 4.79 Å². The smallest absolute Gasteiger partial charge is 0.304 e. The minimum Gasteiger partial charge on any atom is -0.304 e. The predicted octanol–water partition coefficient (Wildman–Crippen LogP) is 2.70. The van der Waals surface area contributed by atoms with E-state index in [1.807, 2.05) is 0 Å². The van der Waals surface area contributed by atoms with Gasteiger partial charge >= 0.3 is 6.18 Å². The topological polar surface area (TPSA) is 34.1 Å². The molecule has 0 saturated carbocycles. The molecule has 0 saturated heterocycles. The van der Waals surface area contributed by atoms with E-state index in [4.69, 9.17) is 4.79 Å². The first-order chi connectivity index (χ1) is 6.43. The average molecular weight is 224 g/mol. The van der Waals surface area contributed by atoms with Gasteiger partial charge in [-0.1, -0.05) is 6.07 Å². The first-order valence-electron chi connectivity index (χ1n) is 3.48. The Kier molecular flexibility index (Phi) is 5.07. The molecule has 1 aromatic heterocycles. The molecule has 0 amide bonds. The molecule has 0 aromatic carbocycles. The quantitative estimate of drug-likeness (QED) is 0.543. The summed E-state index contributed by atoms with van der Waals surface area (Å²) in [7, 11) is 0. The molecular weight excluding hydrogens is 217 g/mol. The lowest BCUT2D eigenvalue weighted by Gasteiger charge is -2.00. The number of aldehydes is 1. The number of carbonyl (C=O) groups excluding carboxylic acids is 2. The maximum atomic E-state index is 11.7. The van der Waals surface area contributed by atoms with E-state index in [9.17, 15) is 18.0 Å². The molecule has 0 N–H and O–H groups in total. The summed E-state index contributed by atoms with van der Waals surface area (Å²) in [6.07, 6.45) is -4.00. The molecule has 0 aliphatic carbocycles. The molecule has 0 bridgehead atoms. The maximum absolute atomic E-state index is 11.7. The molecule has 2 nitrogen and oxygen atoms in total. The number of halogens is 3. The van der Waals surface area contributed by atoms with Gasteiger partial charge in [-0.15, -0.1) is 11.3 Å². The Balaban J connectivity index is 0.000000500. The van der Waals surface area contributed by atoms with Gasteiger partial charge in [-0.05, 0) is 18.4 Å². The van der Waals surface area contributed by atoms with Crippen LogP contribution < -0.4 is 0 Å². The highest BCUT2D eigenvalue weighted by molar-refractivity contribution is 7.12. The van der Waals surface area contributed by atoms with Crippen molar-refractivity contribution in [3.8, 4) is 0 Å². The number of ketones is 1. The van der Waals surface area contributed by atoms with Gasteiger partial charge < -0.3 is 4.79 Å². The summed E-state index contributed by atoms with van der Waals surface area (Å²) < 4.78 is 35.0. The van der Waals surface area contributed by atoms with Crippen molar-refractivity contribution in [2.45, 2.75) is 13.1 Å². The molecule has 6 heteroatoms. The summed E-state index contributed by atoms with van der Waals surface area (Å²) in [4.78, 5) is 19.0. The van der Waals surface area contributed by atoms with Gasteiger partial charge in [0.05, 0.1) is 4.88 Å². The van der Waals surface area contributed by atoms with Crippen LogP contribution in [0.15, 0.2) is 17.5 Å². The number of rotatable bonds is 1. The Bertz CT molecular complexity index is 290. The zero-order valence-corrected chi connectivity index (χ0v) is 7.98. The van der Waals surface area contributed by atoms with E-state index in [0.717, 1.165) is 23.7 Å². The second-order valence-electron chi connectivity index (χ2n) is 2.04. The summed E-state index contributed by atoms with van der Waals surface area (Å²) in [6.45, 7) is 1.44. The van der Waals surface area contributed by atoms with Crippen molar-refractivity contribution in [1.29, 1.82) is 0 Å². The summed E-state index contributed by atoms with van der Waals surface area (Å²) >= 11 is 0.788. The van der Waals surface area contributed by atoms with Crippen molar-refractivity contribution in [2.24, 2.45) is 0 Å². The average Bonchev–Trinajstić information content (AvgIpc) is 2.54. The Morgan fingerprint density at radius 1 is 1.50 bits per heavy atom. The number of Topliss-reactive ketones (excluding diaryl/α,β-unsaturated/α-hetero) is 1. The van der Waals surface area contributed by atoms with Crippen LogP contribution in [0.2, 0.25) is 0 Å². The Hall–Kier alpha value is -1.17. The van der Waals surface area contributed by atoms with Crippen LogP contribution in [0.5, 0.6) is 0 Å². The summed E-state index contributed by atoms with van der Waals surface area (Å²) in [5.74, 6) is -1.77. The molecule has 1 aromatic rings. The fourth-order valence-corrected chi connectivity index (χ4v) is 1.23. The van der Waals surface area contributed by atoms with Gasteiger partial charge in [0.1, 0.15) is 6.29 Å². The van der Waals surface area contributed by atoms with Gasteiger partial charge in [0.15, 0.2) is 0 Å². The van der Waals surface area contributed by atoms with E-state index in [1.54, 1.807) is 0 Å². The van der Waals surface area contributed by atoms with Crippen LogP contribution in [0.1, 0.15) is 16.6 Å². The molecule has 78 valence electrons. The number of hydrogen-bond donors (Lipinski definition) is 0. The summed E-state index contributed by atoms with van der Waals surface area (Å²) in [5, 5.41) is 1.43. The van der Waals surface area contributed by atoms with E-state index >= 15 is 0 Å². The van der Waals surface area contributed by atoms with Crippen LogP contribution in [-0.4, -0.2) is 18.2 Å². The monoisotopic (exact) mass is 224 g/mol. The van der Waals surface area contributed by atoms with E-state index in [1.165, 1.54) is 18.4 Å². The SMILES string of the molecule is CC=O.O=C(c1cccs1)C(F)(F)F. The summed E-state index contributed by atoms with van der Waals surface area (Å²) in [6, 6.07) is 2.56. The maximum Gasteiger partial charge on any atom is 0.455 e. The van der Waals surface area contributed by atoms with Crippen LogP contribution in [0.25, 0.3) is 0 Å². The zero-order valence-electron chi connectivity index (χ0n) is 7.17. The van der Waals surface area contributed by atoms with Gasteiger partial charge in [0.2, 0.25) is 0 Å². The van der Waals surface area contributed by atoms with Crippen molar-refractivity contribution < 1.29 is 22.8 Å². The normalized spacial score (nSPS) is 10.0. The second-order valence-corrected chi connectivity index (χ2v) is 2.99. The third-order valence-electron chi connectivity index (χ3n) is 1.00. The van der Waals surface area contributed by atoms with Gasteiger partial charge in [-0.2, -0.15) is 13.2 Å². The van der Waals surface area contributed by atoms with E-state index in [0.29, 0.717) is 0 Å². The Labute approximate surface area is 82.4 Å². The summed E-state index contributed by atoms with van der Waals surface area (Å²) in [5.41, 5.74) is 0. The molecule has 0 aliphatic heterocycles. The van der Waals surface area contributed by atoms with Crippen molar-refractivity contribution in [3.63, 3.8) is 0 Å². The molecule has 0 atom stereocenters. The second kappa shape index (κ2) is 5.54. The highest BCUT2D eigenvalue weighted by Crippen LogP contribution is 2.23. The van der Waals surface area contributed by atoms with Crippen LogP contribution in [0.4, 0.5) is 13.2 Å². The molecular formula is C8H7F3O2S. The lowest BCUT2D eigenvalue weighted by molar-refractivity contribution is -0.106. The minimum atomic E-state index is -4.75. The van der Waals surface area contributed by atoms with Crippen LogP contribution in [0, 0.1) is 0 Å². The lowest BCUT2D eigenvalue weighted by atomic mass is 10.3. The van der Waals surface area contributed by atoms with Crippen molar-refractivity contribution in [2.75, 3.05) is 0 Å². The predicted molar refractivity (Wildman–Crippen MR) is 46.4 cm³/mol. The number of hydrogen-bond acceptors (Lipinski definition) is 3. The first kappa shape index (κ1) is 12.8. The molecule has 0 fully saturated rings. The van der Waals surface area contributed by atoms with Crippen molar-refractivity contribution in [3.05, 3.63) is 22.4 Å². The van der Waals surface area contributed by atoms with Gasteiger partial charge in [-0.25, -0.2) is 0 Å². The largest absolute Gasteiger partial charge is 0.455 e. The Morgan fingerprint density at radius 2 is 2.00 bits per heavy atom. The molecule has 0 radical (unpaired) electrons. The molecule has 1 rings (SSSR count). The van der Waals surface area contributed by atoms with Gasteiger partial charge in [0, 0.05) is 0 Å². The number of carbonyl (C=O) groups is 2. The van der Waals surface area contributed by atoms with Gasteiger partial charge in [0.25, 0.3) is 5.78 Å². The zero-order chi connectivity index (χ0) is 11.2. The minimum absolute atomic E-state index is 0.266. The fraction of sp³-hybridized carbons (Fsp3) is 0.250. The van der Waals surface area contributed by atoms with Crippen molar-refractivity contribution >= 4 is 23.4 Å². The van der Waals surface area contributed by atoms with E-state index in [2.05, 4.69) is 0 Å². The standard InChI is InChI=1S/C6H3F3OS.C2H4O/c7-6(8,9)5(10)4-2-1-3-11-4;1-2-3/h1-3H;2H,1H3.